The molecule has 0 spiro atoms. The van der Waals surface area contributed by atoms with Gasteiger partial charge < -0.3 is 15.4 Å². The highest BCUT2D eigenvalue weighted by Crippen LogP contribution is 2.14. The van der Waals surface area contributed by atoms with Crippen molar-refractivity contribution < 1.29 is 4.74 Å². The Kier molecular flexibility index (Phi) is 4.66. The number of guanidine groups is 1. The molecule has 2 rings (SSSR count). The molecular formula is C15H23N3O. The summed E-state index contributed by atoms with van der Waals surface area (Å²) >= 11 is 0. The third-order valence-corrected chi connectivity index (χ3v) is 2.85. The summed E-state index contributed by atoms with van der Waals surface area (Å²) in [7, 11) is 0. The third kappa shape index (κ3) is 4.47. The molecule has 1 aliphatic heterocycles. The summed E-state index contributed by atoms with van der Waals surface area (Å²) in [6, 6.07) is 8.63. The molecule has 0 saturated carbocycles. The Labute approximate surface area is 115 Å². The van der Waals surface area contributed by atoms with Gasteiger partial charge in [-0.2, -0.15) is 0 Å². The lowest BCUT2D eigenvalue weighted by Gasteiger charge is -2.11. The zero-order chi connectivity index (χ0) is 13.7. The lowest BCUT2D eigenvalue weighted by Crippen LogP contribution is -2.37. The standard InChI is InChI=1S/C15H23N3O/c1-11(2)10-19-14-6-4-5-13(7-14)9-17-15-16-8-12(3)18-15/h4-7,11-12H,8-10H2,1-3H3,(H2,16,17,18). The summed E-state index contributed by atoms with van der Waals surface area (Å²) < 4.78 is 5.72. The molecule has 1 atom stereocenters. The van der Waals surface area contributed by atoms with E-state index in [9.17, 15) is 0 Å². The number of aliphatic imine (C=N–C) groups is 1. The first-order valence-corrected chi connectivity index (χ1v) is 6.90. The molecule has 1 aromatic rings. The maximum Gasteiger partial charge on any atom is 0.191 e. The van der Waals surface area contributed by atoms with Crippen molar-refractivity contribution in [3.05, 3.63) is 29.8 Å². The number of nitrogens with zero attached hydrogens (tertiary/aromatic N) is 1. The summed E-state index contributed by atoms with van der Waals surface area (Å²) in [5.74, 6) is 2.36. The van der Waals surface area contributed by atoms with Crippen LogP contribution in [0, 0.1) is 5.92 Å². The molecule has 0 radical (unpaired) electrons. The fourth-order valence-electron chi connectivity index (χ4n) is 1.85. The maximum atomic E-state index is 5.72. The number of ether oxygens (including phenoxy) is 1. The fourth-order valence-corrected chi connectivity index (χ4v) is 1.85. The number of benzene rings is 1. The van der Waals surface area contributed by atoms with Crippen molar-refractivity contribution in [2.24, 2.45) is 10.9 Å². The van der Waals surface area contributed by atoms with E-state index in [-0.39, 0.29) is 0 Å². The quantitative estimate of drug-likeness (QED) is 0.854. The average molecular weight is 261 g/mol. The first-order chi connectivity index (χ1) is 9.13. The Morgan fingerprint density at radius 1 is 1.47 bits per heavy atom. The smallest absolute Gasteiger partial charge is 0.191 e. The van der Waals surface area contributed by atoms with Crippen molar-refractivity contribution >= 4 is 5.96 Å². The molecule has 0 saturated heterocycles. The lowest BCUT2D eigenvalue weighted by molar-refractivity contribution is 0.271. The van der Waals surface area contributed by atoms with E-state index in [1.807, 2.05) is 12.1 Å². The van der Waals surface area contributed by atoms with Gasteiger partial charge in [0.25, 0.3) is 0 Å². The zero-order valence-electron chi connectivity index (χ0n) is 11.9. The van der Waals surface area contributed by atoms with Gasteiger partial charge in [-0.05, 0) is 30.5 Å². The van der Waals surface area contributed by atoms with Crippen molar-refractivity contribution in [1.29, 1.82) is 0 Å². The van der Waals surface area contributed by atoms with Crippen LogP contribution in [0.4, 0.5) is 0 Å². The Morgan fingerprint density at radius 3 is 3.00 bits per heavy atom. The molecule has 0 fully saturated rings. The van der Waals surface area contributed by atoms with Crippen molar-refractivity contribution in [2.75, 3.05) is 13.2 Å². The highest BCUT2D eigenvalue weighted by atomic mass is 16.5. The first-order valence-electron chi connectivity index (χ1n) is 6.90. The van der Waals surface area contributed by atoms with Gasteiger partial charge in [0.2, 0.25) is 0 Å². The van der Waals surface area contributed by atoms with Gasteiger partial charge in [-0.15, -0.1) is 0 Å². The van der Waals surface area contributed by atoms with E-state index in [1.54, 1.807) is 0 Å². The van der Waals surface area contributed by atoms with E-state index in [1.165, 1.54) is 5.56 Å². The molecule has 0 aromatic heterocycles. The minimum Gasteiger partial charge on any atom is -0.493 e. The minimum atomic E-state index is 0.434. The van der Waals surface area contributed by atoms with Crippen molar-refractivity contribution in [1.82, 2.24) is 10.6 Å². The van der Waals surface area contributed by atoms with Gasteiger partial charge in [0, 0.05) is 12.6 Å². The summed E-state index contributed by atoms with van der Waals surface area (Å²) in [6.45, 7) is 8.78. The predicted molar refractivity (Wildman–Crippen MR) is 78.5 cm³/mol. The fraction of sp³-hybridized carbons (Fsp3) is 0.533. The van der Waals surface area contributed by atoms with E-state index >= 15 is 0 Å². The van der Waals surface area contributed by atoms with E-state index < -0.39 is 0 Å². The van der Waals surface area contributed by atoms with E-state index in [4.69, 9.17) is 4.74 Å². The number of rotatable bonds is 5. The highest BCUT2D eigenvalue weighted by molar-refractivity contribution is 5.81. The van der Waals surface area contributed by atoms with Gasteiger partial charge in [0.05, 0.1) is 13.2 Å². The van der Waals surface area contributed by atoms with Crippen LogP contribution in [0.3, 0.4) is 0 Å². The van der Waals surface area contributed by atoms with Crippen LogP contribution in [-0.2, 0) is 6.54 Å². The van der Waals surface area contributed by atoms with Gasteiger partial charge in [-0.3, -0.25) is 4.99 Å². The molecule has 1 unspecified atom stereocenters. The molecule has 0 amide bonds. The summed E-state index contributed by atoms with van der Waals surface area (Å²) in [4.78, 5) is 4.38. The number of hydrogen-bond acceptors (Lipinski definition) is 4. The molecular weight excluding hydrogens is 238 g/mol. The van der Waals surface area contributed by atoms with Gasteiger partial charge in [-0.25, -0.2) is 0 Å². The maximum absolute atomic E-state index is 5.72. The van der Waals surface area contributed by atoms with E-state index in [0.717, 1.165) is 31.4 Å². The molecule has 4 nitrogen and oxygen atoms in total. The largest absolute Gasteiger partial charge is 0.493 e. The van der Waals surface area contributed by atoms with Crippen LogP contribution in [0.25, 0.3) is 0 Å². The summed E-state index contributed by atoms with van der Waals surface area (Å²) in [6.07, 6.45) is 0. The van der Waals surface area contributed by atoms with Crippen LogP contribution >= 0.6 is 0 Å². The minimum absolute atomic E-state index is 0.434. The topological polar surface area (TPSA) is 45.6 Å². The van der Waals surface area contributed by atoms with Crippen LogP contribution in [0.5, 0.6) is 5.75 Å². The zero-order valence-corrected chi connectivity index (χ0v) is 11.9. The van der Waals surface area contributed by atoms with Crippen LogP contribution < -0.4 is 15.4 Å². The Balaban J connectivity index is 1.85. The average Bonchev–Trinajstić information content (AvgIpc) is 2.80. The first kappa shape index (κ1) is 13.7. The number of nitrogens with one attached hydrogen (secondary N) is 2. The Bertz CT molecular complexity index is 443. The summed E-state index contributed by atoms with van der Waals surface area (Å²) in [5.41, 5.74) is 1.20. The second-order valence-corrected chi connectivity index (χ2v) is 5.44. The van der Waals surface area contributed by atoms with Crippen LogP contribution in [0.2, 0.25) is 0 Å². The van der Waals surface area contributed by atoms with Gasteiger partial charge >= 0.3 is 0 Å². The SMILES string of the molecule is CC(C)COc1cccc(CNC2=NCC(C)N2)c1. The van der Waals surface area contributed by atoms with Crippen LogP contribution in [0.1, 0.15) is 26.3 Å². The summed E-state index contributed by atoms with van der Waals surface area (Å²) in [5, 5.41) is 6.59. The van der Waals surface area contributed by atoms with E-state index in [0.29, 0.717) is 12.0 Å². The van der Waals surface area contributed by atoms with Crippen molar-refractivity contribution in [2.45, 2.75) is 33.4 Å². The van der Waals surface area contributed by atoms with Crippen LogP contribution in [0.15, 0.2) is 29.3 Å². The Morgan fingerprint density at radius 2 is 2.32 bits per heavy atom. The lowest BCUT2D eigenvalue weighted by atomic mass is 10.2. The van der Waals surface area contributed by atoms with Gasteiger partial charge in [-0.1, -0.05) is 26.0 Å². The molecule has 4 heteroatoms. The third-order valence-electron chi connectivity index (χ3n) is 2.85. The number of hydrogen-bond donors (Lipinski definition) is 2. The Hall–Kier alpha value is -1.71. The second-order valence-electron chi connectivity index (χ2n) is 5.44. The molecule has 19 heavy (non-hydrogen) atoms. The molecule has 0 aliphatic carbocycles. The van der Waals surface area contributed by atoms with E-state index in [2.05, 4.69) is 48.5 Å². The normalized spacial score (nSPS) is 18.1. The van der Waals surface area contributed by atoms with Crippen LogP contribution in [-0.4, -0.2) is 25.2 Å². The van der Waals surface area contributed by atoms with Crippen molar-refractivity contribution in [3.63, 3.8) is 0 Å². The second kappa shape index (κ2) is 6.45. The highest BCUT2D eigenvalue weighted by Gasteiger charge is 2.11. The molecule has 1 aromatic carbocycles. The van der Waals surface area contributed by atoms with Crippen molar-refractivity contribution in [3.8, 4) is 5.75 Å². The molecule has 1 heterocycles. The molecule has 2 N–H and O–H groups in total. The molecule has 104 valence electrons. The predicted octanol–water partition coefficient (Wildman–Crippen LogP) is 2.16. The van der Waals surface area contributed by atoms with Gasteiger partial charge in [0.15, 0.2) is 5.96 Å². The monoisotopic (exact) mass is 261 g/mol. The molecule has 0 bridgehead atoms. The molecule has 1 aliphatic rings. The van der Waals surface area contributed by atoms with Gasteiger partial charge in [0.1, 0.15) is 5.75 Å².